The number of aliphatic imine (C=N–C) groups is 1. The van der Waals surface area contributed by atoms with Crippen LogP contribution in [0.25, 0.3) is 0 Å². The first-order valence-electron chi connectivity index (χ1n) is 3.32. The number of hydrazine groups is 1. The van der Waals surface area contributed by atoms with Crippen molar-refractivity contribution in [3.05, 3.63) is 11.2 Å². The highest BCUT2D eigenvalue weighted by molar-refractivity contribution is 6.33. The molecule has 0 saturated carbocycles. The van der Waals surface area contributed by atoms with Gasteiger partial charge in [-0.1, -0.05) is 11.6 Å². The van der Waals surface area contributed by atoms with Gasteiger partial charge in [0.15, 0.2) is 5.82 Å². The van der Waals surface area contributed by atoms with Crippen molar-refractivity contribution >= 4 is 29.4 Å². The minimum Gasteiger partial charge on any atom is -0.287 e. The first-order valence-corrected chi connectivity index (χ1v) is 3.70. The van der Waals surface area contributed by atoms with E-state index in [0.29, 0.717) is 16.5 Å². The average Bonchev–Trinajstić information content (AvgIpc) is 2.07. The molecule has 62 valence electrons. The fourth-order valence-corrected chi connectivity index (χ4v) is 1.11. The topological polar surface area (TPSA) is 53.4 Å². The quantitative estimate of drug-likeness (QED) is 0.645. The van der Waals surface area contributed by atoms with E-state index in [9.17, 15) is 0 Å². The van der Waals surface area contributed by atoms with Crippen LogP contribution >= 0.6 is 11.6 Å². The summed E-state index contributed by atoms with van der Waals surface area (Å²) in [5, 5.41) is 9.79. The molecule has 1 aromatic rings. The predicted molar refractivity (Wildman–Crippen MR) is 46.7 cm³/mol. The van der Waals surface area contributed by atoms with E-state index in [1.165, 1.54) is 6.20 Å². The summed E-state index contributed by atoms with van der Waals surface area (Å²) in [7, 11) is 1.81. The first kappa shape index (κ1) is 7.30. The molecule has 0 saturated heterocycles. The van der Waals surface area contributed by atoms with Crippen molar-refractivity contribution in [3.63, 3.8) is 0 Å². The molecule has 0 unspecified atom stereocenters. The van der Waals surface area contributed by atoms with Crippen molar-refractivity contribution in [2.75, 3.05) is 12.1 Å². The van der Waals surface area contributed by atoms with Crippen LogP contribution in [0.2, 0.25) is 5.02 Å². The minimum absolute atomic E-state index is 0.504. The molecular weight excluding hydrogens is 178 g/mol. The number of rotatable bonds is 0. The van der Waals surface area contributed by atoms with Crippen LogP contribution < -0.4 is 10.4 Å². The summed E-state index contributed by atoms with van der Waals surface area (Å²) in [5.41, 5.74) is 3.49. The fourth-order valence-electron chi connectivity index (χ4n) is 0.936. The Morgan fingerprint density at radius 1 is 1.58 bits per heavy atom. The zero-order chi connectivity index (χ0) is 8.55. The lowest BCUT2D eigenvalue weighted by atomic mass is 10.4. The first-order chi connectivity index (χ1) is 5.79. The van der Waals surface area contributed by atoms with Gasteiger partial charge in [-0.15, -0.1) is 5.10 Å². The standard InChI is InChI=1S/C6H6ClN5/c1-12-6-5(8-3-10-12)4(7)2-9-11-6/h2-3H,1H3,(H,8,10). The third-order valence-corrected chi connectivity index (χ3v) is 1.80. The number of anilines is 1. The van der Waals surface area contributed by atoms with Gasteiger partial charge >= 0.3 is 0 Å². The van der Waals surface area contributed by atoms with Crippen LogP contribution in [0.4, 0.5) is 11.5 Å². The largest absolute Gasteiger partial charge is 0.287 e. The average molecular weight is 184 g/mol. The smallest absolute Gasteiger partial charge is 0.197 e. The maximum Gasteiger partial charge on any atom is 0.197 e. The lowest BCUT2D eigenvalue weighted by molar-refractivity contribution is 0.830. The third-order valence-electron chi connectivity index (χ3n) is 1.52. The number of nitrogens with zero attached hydrogens (tertiary/aromatic N) is 4. The van der Waals surface area contributed by atoms with E-state index in [2.05, 4.69) is 20.6 Å². The lowest BCUT2D eigenvalue weighted by Crippen LogP contribution is -2.35. The molecule has 0 aromatic carbocycles. The van der Waals surface area contributed by atoms with Gasteiger partial charge in [-0.3, -0.25) is 10.4 Å². The van der Waals surface area contributed by atoms with Crippen molar-refractivity contribution in [2.24, 2.45) is 4.99 Å². The van der Waals surface area contributed by atoms with E-state index in [1.54, 1.807) is 11.3 Å². The van der Waals surface area contributed by atoms with Crippen LogP contribution in [0.3, 0.4) is 0 Å². The Morgan fingerprint density at radius 2 is 2.42 bits per heavy atom. The van der Waals surface area contributed by atoms with Gasteiger partial charge in [0.1, 0.15) is 12.0 Å². The van der Waals surface area contributed by atoms with Crippen molar-refractivity contribution in [1.82, 2.24) is 15.6 Å². The highest BCUT2D eigenvalue weighted by Crippen LogP contribution is 2.32. The van der Waals surface area contributed by atoms with Gasteiger partial charge in [0.25, 0.3) is 0 Å². The summed E-state index contributed by atoms with van der Waals surface area (Å²) in [4.78, 5) is 4.03. The molecule has 0 aliphatic carbocycles. The van der Waals surface area contributed by atoms with Gasteiger partial charge in [-0.25, -0.2) is 4.99 Å². The Morgan fingerprint density at radius 3 is 3.17 bits per heavy atom. The Kier molecular flexibility index (Phi) is 1.58. The molecular formula is C6H6ClN5. The molecule has 2 heterocycles. The van der Waals surface area contributed by atoms with E-state index >= 15 is 0 Å². The van der Waals surface area contributed by atoms with Gasteiger partial charge in [0.2, 0.25) is 0 Å². The van der Waals surface area contributed by atoms with E-state index in [-0.39, 0.29) is 0 Å². The Labute approximate surface area is 74.0 Å². The molecule has 0 radical (unpaired) electrons. The van der Waals surface area contributed by atoms with Crippen LogP contribution in [0, 0.1) is 0 Å². The molecule has 6 heteroatoms. The van der Waals surface area contributed by atoms with Gasteiger partial charge in [-0.05, 0) is 0 Å². The molecule has 5 nitrogen and oxygen atoms in total. The monoisotopic (exact) mass is 183 g/mol. The van der Waals surface area contributed by atoms with Crippen molar-refractivity contribution in [2.45, 2.75) is 0 Å². The second kappa shape index (κ2) is 2.60. The summed E-state index contributed by atoms with van der Waals surface area (Å²) < 4.78 is 0. The summed E-state index contributed by atoms with van der Waals surface area (Å²) in [6, 6.07) is 0. The molecule has 12 heavy (non-hydrogen) atoms. The molecule has 1 aliphatic rings. The minimum atomic E-state index is 0.504. The van der Waals surface area contributed by atoms with Crippen molar-refractivity contribution in [1.29, 1.82) is 0 Å². The summed E-state index contributed by atoms with van der Waals surface area (Å²) in [6.07, 6.45) is 3.02. The number of halogens is 1. The lowest BCUT2D eigenvalue weighted by Gasteiger charge is -2.21. The fraction of sp³-hybridized carbons (Fsp3) is 0.167. The molecule has 0 spiro atoms. The molecule has 1 aromatic heterocycles. The molecule has 0 fully saturated rings. The Hall–Kier alpha value is -1.36. The molecule has 0 amide bonds. The van der Waals surface area contributed by atoms with Crippen molar-refractivity contribution < 1.29 is 0 Å². The summed E-state index contributed by atoms with van der Waals surface area (Å²) >= 11 is 5.84. The van der Waals surface area contributed by atoms with Gasteiger partial charge in [-0.2, -0.15) is 5.10 Å². The van der Waals surface area contributed by atoms with E-state index in [1.807, 2.05) is 7.05 Å². The number of hydrogen-bond donors (Lipinski definition) is 1. The molecule has 0 atom stereocenters. The van der Waals surface area contributed by atoms with Crippen LogP contribution in [-0.4, -0.2) is 23.6 Å². The zero-order valence-corrected chi connectivity index (χ0v) is 7.08. The van der Waals surface area contributed by atoms with Gasteiger partial charge in [0.05, 0.1) is 11.2 Å². The van der Waals surface area contributed by atoms with Crippen LogP contribution in [0.1, 0.15) is 0 Å². The number of nitrogens with one attached hydrogen (secondary N) is 1. The zero-order valence-electron chi connectivity index (χ0n) is 6.32. The Balaban J connectivity index is 2.61. The SMILES string of the molecule is CN1NC=Nc2c(Cl)cnnc21. The maximum atomic E-state index is 5.84. The second-order valence-corrected chi connectivity index (χ2v) is 2.72. The molecule has 1 N–H and O–H groups in total. The molecule has 0 bridgehead atoms. The van der Waals surface area contributed by atoms with Crippen LogP contribution in [0.5, 0.6) is 0 Å². The maximum absolute atomic E-state index is 5.84. The Bertz CT molecular complexity index is 337. The summed E-state index contributed by atoms with van der Waals surface area (Å²) in [5.74, 6) is 0.630. The highest BCUT2D eigenvalue weighted by Gasteiger charge is 2.14. The van der Waals surface area contributed by atoms with Crippen LogP contribution in [-0.2, 0) is 0 Å². The highest BCUT2D eigenvalue weighted by atomic mass is 35.5. The van der Waals surface area contributed by atoms with Crippen LogP contribution in [0.15, 0.2) is 11.2 Å². The number of fused-ring (bicyclic) bond motifs is 1. The normalized spacial score (nSPS) is 14.0. The second-order valence-electron chi connectivity index (χ2n) is 2.31. The molecule has 2 rings (SSSR count). The number of aromatic nitrogens is 2. The third kappa shape index (κ3) is 0.984. The van der Waals surface area contributed by atoms with Crippen molar-refractivity contribution in [3.8, 4) is 0 Å². The summed E-state index contributed by atoms with van der Waals surface area (Å²) in [6.45, 7) is 0. The van der Waals surface area contributed by atoms with E-state index in [4.69, 9.17) is 11.6 Å². The van der Waals surface area contributed by atoms with Gasteiger partial charge < -0.3 is 0 Å². The predicted octanol–water partition coefficient (Wildman–Crippen LogP) is 0.744. The number of hydrogen-bond acceptors (Lipinski definition) is 5. The van der Waals surface area contributed by atoms with E-state index in [0.717, 1.165) is 0 Å². The van der Waals surface area contributed by atoms with E-state index < -0.39 is 0 Å². The van der Waals surface area contributed by atoms with Gasteiger partial charge in [0, 0.05) is 7.05 Å². The molecule has 1 aliphatic heterocycles.